The van der Waals surface area contributed by atoms with Gasteiger partial charge in [0.25, 0.3) is 0 Å². The molecule has 0 amide bonds. The van der Waals surface area contributed by atoms with Crippen LogP contribution in [0.1, 0.15) is 12.5 Å². The number of rotatable bonds is 5. The summed E-state index contributed by atoms with van der Waals surface area (Å²) >= 11 is 7.57. The van der Waals surface area contributed by atoms with Gasteiger partial charge in [-0.3, -0.25) is 0 Å². The number of halogens is 2. The molecule has 2 aromatic rings. The Hall–Kier alpha value is -1.03. The van der Waals surface area contributed by atoms with Gasteiger partial charge in [0.15, 0.2) is 0 Å². The van der Waals surface area contributed by atoms with Crippen molar-refractivity contribution < 1.29 is 4.39 Å². The Morgan fingerprint density at radius 1 is 1.21 bits per heavy atom. The molecule has 0 aliphatic heterocycles. The number of nitrogens with one attached hydrogen (secondary N) is 1. The van der Waals surface area contributed by atoms with Gasteiger partial charge in [-0.15, -0.1) is 0 Å². The maximum Gasteiger partial charge on any atom is 0.123 e. The first-order valence-corrected chi connectivity index (χ1v) is 7.31. The number of hydrogen-bond donors (Lipinski definition) is 1. The van der Waals surface area contributed by atoms with Gasteiger partial charge in [-0.05, 0) is 48.5 Å². The SMILES string of the molecule is CCNCc1cc(F)ccc1Sc1cccc(Cl)c1. The molecule has 1 N–H and O–H groups in total. The lowest BCUT2D eigenvalue weighted by Crippen LogP contribution is -2.12. The standard InChI is InChI=1S/C15H15ClFNS/c1-2-18-10-11-8-13(17)6-7-15(11)19-14-5-3-4-12(16)9-14/h3-9,18H,2,10H2,1H3. The number of benzene rings is 2. The molecular weight excluding hydrogens is 281 g/mol. The minimum absolute atomic E-state index is 0.205. The molecule has 0 aromatic heterocycles. The third kappa shape index (κ3) is 4.23. The first kappa shape index (κ1) is 14.4. The van der Waals surface area contributed by atoms with Crippen LogP contribution in [0, 0.1) is 5.82 Å². The van der Waals surface area contributed by atoms with Crippen molar-refractivity contribution in [3.63, 3.8) is 0 Å². The lowest BCUT2D eigenvalue weighted by atomic mass is 10.2. The van der Waals surface area contributed by atoms with Crippen LogP contribution in [0.5, 0.6) is 0 Å². The van der Waals surface area contributed by atoms with E-state index in [0.717, 1.165) is 21.9 Å². The molecule has 0 bridgehead atoms. The van der Waals surface area contributed by atoms with Gasteiger partial charge >= 0.3 is 0 Å². The summed E-state index contributed by atoms with van der Waals surface area (Å²) in [4.78, 5) is 2.10. The molecule has 0 atom stereocenters. The van der Waals surface area contributed by atoms with Gasteiger partial charge in [0.2, 0.25) is 0 Å². The summed E-state index contributed by atoms with van der Waals surface area (Å²) in [6.45, 7) is 3.55. The van der Waals surface area contributed by atoms with E-state index >= 15 is 0 Å². The predicted octanol–water partition coefficient (Wildman–Crippen LogP) is 4.74. The Balaban J connectivity index is 2.23. The third-order valence-electron chi connectivity index (χ3n) is 2.61. The third-order valence-corrected chi connectivity index (χ3v) is 3.95. The lowest BCUT2D eigenvalue weighted by Gasteiger charge is -2.10. The summed E-state index contributed by atoms with van der Waals surface area (Å²) in [5, 5.41) is 3.93. The molecule has 0 saturated carbocycles. The van der Waals surface area contributed by atoms with Crippen LogP contribution in [0.4, 0.5) is 4.39 Å². The van der Waals surface area contributed by atoms with Crippen LogP contribution in [0.3, 0.4) is 0 Å². The van der Waals surface area contributed by atoms with Crippen molar-refractivity contribution in [2.24, 2.45) is 0 Å². The molecule has 0 aliphatic carbocycles. The second-order valence-electron chi connectivity index (χ2n) is 4.09. The van der Waals surface area contributed by atoms with E-state index in [-0.39, 0.29) is 5.82 Å². The van der Waals surface area contributed by atoms with Gasteiger partial charge < -0.3 is 5.32 Å². The van der Waals surface area contributed by atoms with Gasteiger partial charge in [0.1, 0.15) is 5.82 Å². The molecule has 2 rings (SSSR count). The van der Waals surface area contributed by atoms with E-state index in [1.807, 2.05) is 37.3 Å². The predicted molar refractivity (Wildman–Crippen MR) is 79.4 cm³/mol. The van der Waals surface area contributed by atoms with Gasteiger partial charge in [-0.1, -0.05) is 36.4 Å². The van der Waals surface area contributed by atoms with Crippen LogP contribution in [0.2, 0.25) is 5.02 Å². The van der Waals surface area contributed by atoms with Crippen molar-refractivity contribution in [2.75, 3.05) is 6.54 Å². The molecule has 100 valence electrons. The second-order valence-corrected chi connectivity index (χ2v) is 5.64. The molecule has 0 radical (unpaired) electrons. The molecule has 2 aromatic carbocycles. The highest BCUT2D eigenvalue weighted by atomic mass is 35.5. The zero-order valence-corrected chi connectivity index (χ0v) is 12.2. The summed E-state index contributed by atoms with van der Waals surface area (Å²) in [5.41, 5.74) is 0.965. The molecule has 4 heteroatoms. The summed E-state index contributed by atoms with van der Waals surface area (Å²) in [6.07, 6.45) is 0. The van der Waals surface area contributed by atoms with Crippen molar-refractivity contribution in [1.82, 2.24) is 5.32 Å². The Labute approximate surface area is 122 Å². The molecule has 19 heavy (non-hydrogen) atoms. The van der Waals surface area contributed by atoms with Gasteiger partial charge in [-0.25, -0.2) is 4.39 Å². The van der Waals surface area contributed by atoms with E-state index in [0.29, 0.717) is 11.6 Å². The average Bonchev–Trinajstić information content (AvgIpc) is 2.39. The molecule has 1 nitrogen and oxygen atoms in total. The molecule has 0 aliphatic rings. The van der Waals surface area contributed by atoms with Gasteiger partial charge in [0, 0.05) is 21.4 Å². The highest BCUT2D eigenvalue weighted by Crippen LogP contribution is 2.32. The van der Waals surface area contributed by atoms with Crippen LogP contribution in [0.25, 0.3) is 0 Å². The molecule has 0 heterocycles. The summed E-state index contributed by atoms with van der Waals surface area (Å²) in [6, 6.07) is 12.5. The largest absolute Gasteiger partial charge is 0.313 e. The van der Waals surface area contributed by atoms with E-state index in [1.54, 1.807) is 17.8 Å². The normalized spacial score (nSPS) is 10.7. The van der Waals surface area contributed by atoms with Crippen LogP contribution in [-0.4, -0.2) is 6.54 Å². The fourth-order valence-corrected chi connectivity index (χ4v) is 2.94. The van der Waals surface area contributed by atoms with Crippen molar-refractivity contribution in [1.29, 1.82) is 0 Å². The van der Waals surface area contributed by atoms with Crippen LogP contribution < -0.4 is 5.32 Å². The highest BCUT2D eigenvalue weighted by molar-refractivity contribution is 7.99. The van der Waals surface area contributed by atoms with E-state index in [2.05, 4.69) is 5.32 Å². The van der Waals surface area contributed by atoms with E-state index in [4.69, 9.17) is 11.6 Å². The van der Waals surface area contributed by atoms with Gasteiger partial charge in [0.05, 0.1) is 0 Å². The Morgan fingerprint density at radius 2 is 2.05 bits per heavy atom. The smallest absolute Gasteiger partial charge is 0.123 e. The van der Waals surface area contributed by atoms with E-state index in [9.17, 15) is 4.39 Å². The van der Waals surface area contributed by atoms with Crippen molar-refractivity contribution >= 4 is 23.4 Å². The van der Waals surface area contributed by atoms with Crippen LogP contribution >= 0.6 is 23.4 Å². The zero-order chi connectivity index (χ0) is 13.7. The lowest BCUT2D eigenvalue weighted by molar-refractivity contribution is 0.619. The monoisotopic (exact) mass is 295 g/mol. The first-order chi connectivity index (χ1) is 9.19. The number of hydrogen-bond acceptors (Lipinski definition) is 2. The zero-order valence-electron chi connectivity index (χ0n) is 10.6. The fraction of sp³-hybridized carbons (Fsp3) is 0.200. The topological polar surface area (TPSA) is 12.0 Å². The first-order valence-electron chi connectivity index (χ1n) is 6.11. The Kier molecular flexibility index (Phi) is 5.25. The molecule has 0 unspecified atom stereocenters. The average molecular weight is 296 g/mol. The van der Waals surface area contributed by atoms with Crippen LogP contribution in [-0.2, 0) is 6.54 Å². The van der Waals surface area contributed by atoms with E-state index < -0.39 is 0 Å². The van der Waals surface area contributed by atoms with Crippen LogP contribution in [0.15, 0.2) is 52.3 Å². The molecule has 0 fully saturated rings. The second kappa shape index (κ2) is 6.94. The fourth-order valence-electron chi connectivity index (χ4n) is 1.70. The highest BCUT2D eigenvalue weighted by Gasteiger charge is 2.06. The quantitative estimate of drug-likeness (QED) is 0.855. The molecule has 0 saturated heterocycles. The Morgan fingerprint density at radius 3 is 2.79 bits per heavy atom. The maximum atomic E-state index is 13.3. The van der Waals surface area contributed by atoms with Crippen molar-refractivity contribution in [3.8, 4) is 0 Å². The van der Waals surface area contributed by atoms with E-state index in [1.165, 1.54) is 6.07 Å². The molecular formula is C15H15ClFNS. The minimum Gasteiger partial charge on any atom is -0.313 e. The Bertz CT molecular complexity index is 560. The summed E-state index contributed by atoms with van der Waals surface area (Å²) in [5.74, 6) is -0.205. The van der Waals surface area contributed by atoms with Gasteiger partial charge in [-0.2, -0.15) is 0 Å². The molecule has 0 spiro atoms. The summed E-state index contributed by atoms with van der Waals surface area (Å²) in [7, 11) is 0. The van der Waals surface area contributed by atoms with Crippen molar-refractivity contribution in [3.05, 3.63) is 58.9 Å². The van der Waals surface area contributed by atoms with Crippen molar-refractivity contribution in [2.45, 2.75) is 23.3 Å². The maximum absolute atomic E-state index is 13.3. The minimum atomic E-state index is -0.205. The summed E-state index contributed by atoms with van der Waals surface area (Å²) < 4.78 is 13.3.